The van der Waals surface area contributed by atoms with Gasteiger partial charge in [-0.25, -0.2) is 0 Å². The lowest BCUT2D eigenvalue weighted by atomic mass is 9.78. The molecule has 0 aromatic heterocycles. The van der Waals surface area contributed by atoms with Gasteiger partial charge >= 0.3 is 0 Å². The smallest absolute Gasteiger partial charge is 0.248 e. The van der Waals surface area contributed by atoms with E-state index in [0.29, 0.717) is 13.0 Å². The van der Waals surface area contributed by atoms with Gasteiger partial charge in [-0.05, 0) is 26.2 Å². The topological polar surface area (TPSA) is 49.4 Å². The van der Waals surface area contributed by atoms with Crippen molar-refractivity contribution in [2.24, 2.45) is 0 Å². The monoisotopic (exact) mass is 262 g/mol. The molecule has 0 aromatic rings. The van der Waals surface area contributed by atoms with Crippen LogP contribution < -0.4 is 5.32 Å². The SMILES string of the molecule is C#CCCCN1C(=O)C2(CCCCC2)NC(=O)C1C. The number of amides is 2. The summed E-state index contributed by atoms with van der Waals surface area (Å²) in [5.74, 6) is 2.65. The van der Waals surface area contributed by atoms with Crippen LogP contribution in [-0.2, 0) is 9.59 Å². The molecule has 1 aliphatic heterocycles. The van der Waals surface area contributed by atoms with Crippen LogP contribution in [0.25, 0.3) is 0 Å². The van der Waals surface area contributed by atoms with Crippen LogP contribution in [0.5, 0.6) is 0 Å². The molecular weight excluding hydrogens is 240 g/mol. The molecule has 1 aliphatic carbocycles. The first-order valence-corrected chi connectivity index (χ1v) is 7.17. The highest BCUT2D eigenvalue weighted by Crippen LogP contribution is 2.33. The lowest BCUT2D eigenvalue weighted by Gasteiger charge is -2.46. The molecule has 1 atom stereocenters. The molecule has 2 amide bonds. The quantitative estimate of drug-likeness (QED) is 0.618. The fourth-order valence-electron chi connectivity index (χ4n) is 3.13. The third-order valence-electron chi connectivity index (χ3n) is 4.31. The molecule has 4 heteroatoms. The van der Waals surface area contributed by atoms with E-state index in [1.54, 1.807) is 11.8 Å². The molecule has 4 nitrogen and oxygen atoms in total. The number of nitrogens with one attached hydrogen (secondary N) is 1. The fourth-order valence-corrected chi connectivity index (χ4v) is 3.13. The summed E-state index contributed by atoms with van der Waals surface area (Å²) in [5.41, 5.74) is -0.627. The Labute approximate surface area is 114 Å². The maximum absolute atomic E-state index is 12.7. The average Bonchev–Trinajstić information content (AvgIpc) is 2.42. The number of piperazine rings is 1. The Balaban J connectivity index is 2.14. The van der Waals surface area contributed by atoms with E-state index in [2.05, 4.69) is 11.2 Å². The summed E-state index contributed by atoms with van der Waals surface area (Å²) >= 11 is 0. The molecule has 2 rings (SSSR count). The number of terminal acetylenes is 1. The number of hydrogen-bond acceptors (Lipinski definition) is 2. The molecule has 0 radical (unpaired) electrons. The predicted octanol–water partition coefficient (Wildman–Crippen LogP) is 1.45. The van der Waals surface area contributed by atoms with Crippen LogP contribution in [0.15, 0.2) is 0 Å². The largest absolute Gasteiger partial charge is 0.340 e. The third-order valence-corrected chi connectivity index (χ3v) is 4.31. The number of nitrogens with zero attached hydrogens (tertiary/aromatic N) is 1. The Hall–Kier alpha value is -1.50. The van der Waals surface area contributed by atoms with Gasteiger partial charge in [-0.3, -0.25) is 9.59 Å². The van der Waals surface area contributed by atoms with Crippen LogP contribution in [-0.4, -0.2) is 34.8 Å². The minimum absolute atomic E-state index is 0.0257. The summed E-state index contributed by atoms with van der Waals surface area (Å²) in [6.45, 7) is 2.37. The zero-order chi connectivity index (χ0) is 13.9. The van der Waals surface area contributed by atoms with Crippen molar-refractivity contribution in [3.8, 4) is 12.3 Å². The standard InChI is InChI=1S/C15H22N2O2/c1-3-4-8-11-17-12(2)13(18)16-15(14(17)19)9-6-5-7-10-15/h1,12H,4-11H2,2H3,(H,16,18). The molecule has 1 N–H and O–H groups in total. The second-order valence-electron chi connectivity index (χ2n) is 5.61. The highest BCUT2D eigenvalue weighted by atomic mass is 16.2. The maximum Gasteiger partial charge on any atom is 0.248 e. The van der Waals surface area contributed by atoms with E-state index in [4.69, 9.17) is 6.42 Å². The molecule has 19 heavy (non-hydrogen) atoms. The second-order valence-corrected chi connectivity index (χ2v) is 5.61. The highest BCUT2D eigenvalue weighted by molar-refractivity contribution is 5.99. The molecule has 1 unspecified atom stereocenters. The summed E-state index contributed by atoms with van der Waals surface area (Å²) in [5, 5.41) is 2.98. The molecule has 1 heterocycles. The lowest BCUT2D eigenvalue weighted by molar-refractivity contribution is -0.156. The van der Waals surface area contributed by atoms with Crippen LogP contribution in [0.2, 0.25) is 0 Å². The van der Waals surface area contributed by atoms with E-state index >= 15 is 0 Å². The first-order valence-electron chi connectivity index (χ1n) is 7.17. The summed E-state index contributed by atoms with van der Waals surface area (Å²) in [4.78, 5) is 26.5. The number of unbranched alkanes of at least 4 members (excludes halogenated alkanes) is 1. The number of carbonyl (C=O) groups is 2. The van der Waals surface area contributed by atoms with Gasteiger partial charge in [0.15, 0.2) is 0 Å². The predicted molar refractivity (Wildman–Crippen MR) is 73.2 cm³/mol. The van der Waals surface area contributed by atoms with Gasteiger partial charge < -0.3 is 10.2 Å². The van der Waals surface area contributed by atoms with E-state index in [-0.39, 0.29) is 17.9 Å². The molecule has 0 aromatic carbocycles. The van der Waals surface area contributed by atoms with Crippen LogP contribution >= 0.6 is 0 Å². The third kappa shape index (κ3) is 2.60. The van der Waals surface area contributed by atoms with Crippen molar-refractivity contribution in [1.29, 1.82) is 0 Å². The van der Waals surface area contributed by atoms with Crippen molar-refractivity contribution < 1.29 is 9.59 Å². The van der Waals surface area contributed by atoms with Crippen molar-refractivity contribution in [2.45, 2.75) is 63.5 Å². The van der Waals surface area contributed by atoms with E-state index in [9.17, 15) is 9.59 Å². The number of hydrogen-bond donors (Lipinski definition) is 1. The minimum atomic E-state index is -0.627. The zero-order valence-corrected chi connectivity index (χ0v) is 11.6. The first kappa shape index (κ1) is 13.9. The summed E-state index contributed by atoms with van der Waals surface area (Å²) in [6, 6.07) is -0.377. The van der Waals surface area contributed by atoms with E-state index in [1.165, 1.54) is 0 Å². The molecule has 1 saturated carbocycles. The molecule has 2 aliphatic rings. The Bertz CT molecular complexity index is 405. The molecule has 1 saturated heterocycles. The van der Waals surface area contributed by atoms with Gasteiger partial charge in [0.25, 0.3) is 0 Å². The first-order chi connectivity index (χ1) is 9.10. The van der Waals surface area contributed by atoms with Crippen LogP contribution in [0.1, 0.15) is 51.9 Å². The van der Waals surface area contributed by atoms with E-state index in [0.717, 1.165) is 38.5 Å². The Morgan fingerprint density at radius 1 is 1.37 bits per heavy atom. The Kier molecular flexibility index (Phi) is 4.14. The molecule has 104 valence electrons. The Morgan fingerprint density at radius 3 is 2.68 bits per heavy atom. The van der Waals surface area contributed by atoms with Gasteiger partial charge in [-0.1, -0.05) is 19.3 Å². The minimum Gasteiger partial charge on any atom is -0.340 e. The van der Waals surface area contributed by atoms with Gasteiger partial charge in [0.1, 0.15) is 11.6 Å². The van der Waals surface area contributed by atoms with Gasteiger partial charge in [-0.15, -0.1) is 12.3 Å². The van der Waals surface area contributed by atoms with Crippen molar-refractivity contribution >= 4 is 11.8 Å². The summed E-state index contributed by atoms with van der Waals surface area (Å²) in [6.07, 6.45) is 11.4. The van der Waals surface area contributed by atoms with Gasteiger partial charge in [0.05, 0.1) is 0 Å². The normalized spacial score (nSPS) is 26.1. The van der Waals surface area contributed by atoms with Crippen LogP contribution in [0.4, 0.5) is 0 Å². The van der Waals surface area contributed by atoms with E-state index in [1.807, 2.05) is 0 Å². The van der Waals surface area contributed by atoms with E-state index < -0.39 is 5.54 Å². The average molecular weight is 262 g/mol. The van der Waals surface area contributed by atoms with Crippen molar-refractivity contribution in [3.05, 3.63) is 0 Å². The van der Waals surface area contributed by atoms with Crippen molar-refractivity contribution in [3.63, 3.8) is 0 Å². The molecule has 2 fully saturated rings. The van der Waals surface area contributed by atoms with Gasteiger partial charge in [0.2, 0.25) is 11.8 Å². The van der Waals surface area contributed by atoms with Gasteiger partial charge in [-0.2, -0.15) is 0 Å². The molecule has 1 spiro atoms. The lowest BCUT2D eigenvalue weighted by Crippen LogP contribution is -2.70. The molecular formula is C15H22N2O2. The second kappa shape index (κ2) is 5.64. The van der Waals surface area contributed by atoms with Crippen LogP contribution in [0, 0.1) is 12.3 Å². The summed E-state index contributed by atoms with van der Waals surface area (Å²) in [7, 11) is 0. The maximum atomic E-state index is 12.7. The molecule has 0 bridgehead atoms. The Morgan fingerprint density at radius 2 is 2.05 bits per heavy atom. The van der Waals surface area contributed by atoms with Crippen molar-refractivity contribution in [2.75, 3.05) is 6.54 Å². The number of rotatable bonds is 3. The summed E-state index contributed by atoms with van der Waals surface area (Å²) < 4.78 is 0. The number of carbonyl (C=O) groups excluding carboxylic acids is 2. The van der Waals surface area contributed by atoms with Gasteiger partial charge in [0, 0.05) is 13.0 Å². The fraction of sp³-hybridized carbons (Fsp3) is 0.733. The highest BCUT2D eigenvalue weighted by Gasteiger charge is 2.49. The van der Waals surface area contributed by atoms with Crippen molar-refractivity contribution in [1.82, 2.24) is 10.2 Å². The van der Waals surface area contributed by atoms with Crippen LogP contribution in [0.3, 0.4) is 0 Å². The zero-order valence-electron chi connectivity index (χ0n) is 11.6.